The van der Waals surface area contributed by atoms with Crippen molar-refractivity contribution in [1.29, 1.82) is 0 Å². The molecule has 0 amide bonds. The van der Waals surface area contributed by atoms with Crippen molar-refractivity contribution in [3.05, 3.63) is 65.2 Å². The van der Waals surface area contributed by atoms with Gasteiger partial charge >= 0.3 is 0 Å². The number of nitrogens with two attached hydrogens (primary N) is 1. The molecule has 2 rings (SSSR count). The van der Waals surface area contributed by atoms with Gasteiger partial charge in [-0.25, -0.2) is 0 Å². The Bertz CT molecular complexity index is 544. The van der Waals surface area contributed by atoms with Crippen molar-refractivity contribution in [3.8, 4) is 5.75 Å². The summed E-state index contributed by atoms with van der Waals surface area (Å²) in [5.41, 5.74) is 5.52. The van der Waals surface area contributed by atoms with Gasteiger partial charge < -0.3 is 15.6 Å². The van der Waals surface area contributed by atoms with Gasteiger partial charge in [-0.15, -0.1) is 0 Å². The first-order valence-corrected chi connectivity index (χ1v) is 6.82. The molecule has 0 heterocycles. The topological polar surface area (TPSA) is 55.5 Å². The van der Waals surface area contributed by atoms with E-state index in [0.717, 1.165) is 5.56 Å². The van der Waals surface area contributed by atoms with Crippen LogP contribution in [0.15, 0.2) is 54.6 Å². The second kappa shape index (κ2) is 6.27. The number of para-hydroxylation sites is 1. The highest BCUT2D eigenvalue weighted by Gasteiger charge is 2.36. The van der Waals surface area contributed by atoms with Gasteiger partial charge in [0.2, 0.25) is 0 Å². The summed E-state index contributed by atoms with van der Waals surface area (Å²) in [5.74, 6) is 0.678. The Morgan fingerprint density at radius 2 is 1.75 bits per heavy atom. The second-order valence-electron chi connectivity index (χ2n) is 4.78. The van der Waals surface area contributed by atoms with Crippen LogP contribution >= 0.6 is 11.6 Å². The lowest BCUT2D eigenvalue weighted by Gasteiger charge is -2.35. The maximum Gasteiger partial charge on any atom is 0.158 e. The molecule has 0 saturated heterocycles. The molecule has 3 N–H and O–H groups in total. The SMILES string of the molecule is CC(Oc1ccccc1)(c1ccc(Cl)cc1)C(O)CN. The van der Waals surface area contributed by atoms with E-state index in [1.807, 2.05) is 49.4 Å². The summed E-state index contributed by atoms with van der Waals surface area (Å²) in [6.45, 7) is 1.92. The maximum atomic E-state index is 10.3. The van der Waals surface area contributed by atoms with E-state index in [-0.39, 0.29) is 6.54 Å². The molecule has 0 spiro atoms. The molecule has 106 valence electrons. The molecule has 2 aromatic rings. The molecule has 2 atom stereocenters. The standard InChI is InChI=1S/C16H18ClNO2/c1-16(15(19)11-18,12-7-9-13(17)10-8-12)20-14-5-3-2-4-6-14/h2-10,15,19H,11,18H2,1H3. The zero-order valence-corrected chi connectivity index (χ0v) is 12.0. The average Bonchev–Trinajstić information content (AvgIpc) is 2.48. The number of hydrogen-bond acceptors (Lipinski definition) is 3. The van der Waals surface area contributed by atoms with Gasteiger partial charge in [0.15, 0.2) is 5.60 Å². The van der Waals surface area contributed by atoms with Crippen LogP contribution in [0.3, 0.4) is 0 Å². The van der Waals surface area contributed by atoms with Crippen molar-refractivity contribution in [3.63, 3.8) is 0 Å². The van der Waals surface area contributed by atoms with Crippen molar-refractivity contribution in [2.75, 3.05) is 6.54 Å². The molecule has 0 aromatic heterocycles. The normalized spacial score (nSPS) is 15.4. The van der Waals surface area contributed by atoms with Gasteiger partial charge in [-0.1, -0.05) is 41.9 Å². The Morgan fingerprint density at radius 3 is 2.30 bits per heavy atom. The zero-order chi connectivity index (χ0) is 14.6. The van der Waals surface area contributed by atoms with Crippen LogP contribution in [-0.4, -0.2) is 17.8 Å². The smallest absolute Gasteiger partial charge is 0.158 e. The van der Waals surface area contributed by atoms with Crippen LogP contribution in [-0.2, 0) is 5.60 Å². The average molecular weight is 292 g/mol. The third-order valence-electron chi connectivity index (χ3n) is 3.35. The number of hydrogen-bond donors (Lipinski definition) is 2. The number of aliphatic hydroxyl groups excluding tert-OH is 1. The van der Waals surface area contributed by atoms with Gasteiger partial charge in [0.1, 0.15) is 11.9 Å². The molecule has 4 heteroatoms. The highest BCUT2D eigenvalue weighted by molar-refractivity contribution is 6.30. The van der Waals surface area contributed by atoms with Crippen molar-refractivity contribution in [2.24, 2.45) is 5.73 Å². The number of benzene rings is 2. The summed E-state index contributed by atoms with van der Waals surface area (Å²) < 4.78 is 6.01. The highest BCUT2D eigenvalue weighted by atomic mass is 35.5. The Kier molecular flexibility index (Phi) is 4.65. The van der Waals surface area contributed by atoms with Crippen LogP contribution in [0.2, 0.25) is 5.02 Å². The third-order valence-corrected chi connectivity index (χ3v) is 3.60. The fourth-order valence-electron chi connectivity index (χ4n) is 2.06. The second-order valence-corrected chi connectivity index (χ2v) is 5.22. The van der Waals surface area contributed by atoms with E-state index in [2.05, 4.69) is 0 Å². The van der Waals surface area contributed by atoms with Crippen LogP contribution in [0.5, 0.6) is 5.75 Å². The van der Waals surface area contributed by atoms with E-state index in [0.29, 0.717) is 10.8 Å². The molecule has 0 radical (unpaired) electrons. The molecule has 0 aliphatic carbocycles. The van der Waals surface area contributed by atoms with Gasteiger partial charge in [0.05, 0.1) is 0 Å². The van der Waals surface area contributed by atoms with Crippen LogP contribution in [0.1, 0.15) is 12.5 Å². The van der Waals surface area contributed by atoms with E-state index in [9.17, 15) is 5.11 Å². The first-order chi connectivity index (χ1) is 9.56. The zero-order valence-electron chi connectivity index (χ0n) is 11.3. The van der Waals surface area contributed by atoms with Crippen molar-refractivity contribution in [2.45, 2.75) is 18.6 Å². The van der Waals surface area contributed by atoms with E-state index in [1.54, 1.807) is 12.1 Å². The predicted molar refractivity (Wildman–Crippen MR) is 80.9 cm³/mol. The lowest BCUT2D eigenvalue weighted by molar-refractivity contribution is -0.0410. The Hall–Kier alpha value is -1.55. The first-order valence-electron chi connectivity index (χ1n) is 6.44. The summed E-state index contributed by atoms with van der Waals surface area (Å²) in [7, 11) is 0. The van der Waals surface area contributed by atoms with Crippen molar-refractivity contribution < 1.29 is 9.84 Å². The molecule has 2 aromatic carbocycles. The number of aliphatic hydroxyl groups is 1. The molecular formula is C16H18ClNO2. The Labute approximate surface area is 123 Å². The lowest BCUT2D eigenvalue weighted by Crippen LogP contribution is -2.46. The molecule has 0 fully saturated rings. The number of halogens is 1. The minimum Gasteiger partial charge on any atom is -0.480 e. The van der Waals surface area contributed by atoms with Gasteiger partial charge in [0.25, 0.3) is 0 Å². The maximum absolute atomic E-state index is 10.3. The summed E-state index contributed by atoms with van der Waals surface area (Å²) in [6, 6.07) is 16.6. The number of rotatable bonds is 5. The fourth-order valence-corrected chi connectivity index (χ4v) is 2.18. The molecular weight excluding hydrogens is 274 g/mol. The van der Waals surface area contributed by atoms with E-state index in [1.165, 1.54) is 0 Å². The van der Waals surface area contributed by atoms with Crippen LogP contribution < -0.4 is 10.5 Å². The van der Waals surface area contributed by atoms with Crippen molar-refractivity contribution >= 4 is 11.6 Å². The van der Waals surface area contributed by atoms with E-state index < -0.39 is 11.7 Å². The van der Waals surface area contributed by atoms with Crippen LogP contribution in [0.25, 0.3) is 0 Å². The minimum absolute atomic E-state index is 0.103. The molecule has 20 heavy (non-hydrogen) atoms. The van der Waals surface area contributed by atoms with Crippen molar-refractivity contribution in [1.82, 2.24) is 0 Å². The lowest BCUT2D eigenvalue weighted by atomic mass is 9.89. The highest BCUT2D eigenvalue weighted by Crippen LogP contribution is 2.31. The predicted octanol–water partition coefficient (Wildman–Crippen LogP) is 2.95. The Morgan fingerprint density at radius 1 is 1.15 bits per heavy atom. The third kappa shape index (κ3) is 3.12. The van der Waals surface area contributed by atoms with E-state index >= 15 is 0 Å². The monoisotopic (exact) mass is 291 g/mol. The summed E-state index contributed by atoms with van der Waals surface area (Å²) in [4.78, 5) is 0. The molecule has 0 aliphatic heterocycles. The van der Waals surface area contributed by atoms with Gasteiger partial charge in [-0.3, -0.25) is 0 Å². The molecule has 2 unspecified atom stereocenters. The van der Waals surface area contributed by atoms with Crippen LogP contribution in [0, 0.1) is 0 Å². The fraction of sp³-hybridized carbons (Fsp3) is 0.250. The first kappa shape index (κ1) is 14.9. The summed E-state index contributed by atoms with van der Waals surface area (Å²) in [5, 5.41) is 10.9. The van der Waals surface area contributed by atoms with Gasteiger partial charge in [-0.2, -0.15) is 0 Å². The Balaban J connectivity index is 2.37. The van der Waals surface area contributed by atoms with E-state index in [4.69, 9.17) is 22.1 Å². The molecule has 0 aliphatic rings. The quantitative estimate of drug-likeness (QED) is 0.890. The largest absolute Gasteiger partial charge is 0.480 e. The van der Waals surface area contributed by atoms with Gasteiger partial charge in [0, 0.05) is 11.6 Å². The number of ether oxygens (including phenoxy) is 1. The van der Waals surface area contributed by atoms with Gasteiger partial charge in [-0.05, 0) is 36.8 Å². The summed E-state index contributed by atoms with van der Waals surface area (Å²) >= 11 is 5.91. The molecule has 3 nitrogen and oxygen atoms in total. The molecule has 0 saturated carbocycles. The minimum atomic E-state index is -0.930. The summed E-state index contributed by atoms with van der Waals surface area (Å²) in [6.07, 6.45) is -0.830. The van der Waals surface area contributed by atoms with Crippen LogP contribution in [0.4, 0.5) is 0 Å². The molecule has 0 bridgehead atoms.